The lowest BCUT2D eigenvalue weighted by atomic mass is 10.1. The number of ether oxygens (including phenoxy) is 2. The summed E-state index contributed by atoms with van der Waals surface area (Å²) in [7, 11) is 1.82. The summed E-state index contributed by atoms with van der Waals surface area (Å²) >= 11 is 0. The number of nitrogens with zero attached hydrogens (tertiary/aromatic N) is 3. The highest BCUT2D eigenvalue weighted by Crippen LogP contribution is 2.32. The number of aromatic nitrogens is 3. The van der Waals surface area contributed by atoms with Gasteiger partial charge < -0.3 is 19.7 Å². The van der Waals surface area contributed by atoms with Gasteiger partial charge in [-0.1, -0.05) is 30.3 Å². The summed E-state index contributed by atoms with van der Waals surface area (Å²) in [5.41, 5.74) is 8.50. The number of rotatable bonds is 7. The Morgan fingerprint density at radius 1 is 1.16 bits per heavy atom. The Bertz CT molecular complexity index is 1170. The number of carbonyl (C=O) groups is 1. The summed E-state index contributed by atoms with van der Waals surface area (Å²) in [6.45, 7) is 0.759. The fourth-order valence-electron chi connectivity index (χ4n) is 3.02. The van der Waals surface area contributed by atoms with E-state index >= 15 is 0 Å². The van der Waals surface area contributed by atoms with E-state index in [4.69, 9.17) is 19.7 Å². The Labute approximate surface area is 178 Å². The topological polar surface area (TPSA) is 117 Å². The van der Waals surface area contributed by atoms with Crippen molar-refractivity contribution in [1.29, 1.82) is 0 Å². The van der Waals surface area contributed by atoms with E-state index in [1.165, 1.54) is 0 Å². The number of anilines is 1. The largest absolute Gasteiger partial charge is 0.492 e. The molecule has 31 heavy (non-hydrogen) atoms. The number of benzene rings is 2. The number of hydrogen-bond donors (Lipinski definition) is 2. The monoisotopic (exact) mass is 419 g/mol. The second-order valence-electron chi connectivity index (χ2n) is 6.60. The minimum absolute atomic E-state index is 0.0612. The Balaban J connectivity index is 1.49. The van der Waals surface area contributed by atoms with Crippen LogP contribution in [0.25, 0.3) is 22.6 Å². The van der Waals surface area contributed by atoms with Crippen molar-refractivity contribution in [2.75, 3.05) is 18.5 Å². The van der Waals surface area contributed by atoms with Gasteiger partial charge in [0.15, 0.2) is 5.76 Å². The van der Waals surface area contributed by atoms with Crippen LogP contribution in [0.5, 0.6) is 11.6 Å². The maximum Gasteiger partial charge on any atom is 0.418 e. The van der Waals surface area contributed by atoms with Gasteiger partial charge in [-0.05, 0) is 29.4 Å². The fraction of sp³-hybridized carbons (Fsp3) is 0.136. The third kappa shape index (κ3) is 4.73. The first-order valence-corrected chi connectivity index (χ1v) is 9.60. The minimum atomic E-state index is -0.695. The lowest BCUT2D eigenvalue weighted by molar-refractivity contribution is 0.210. The predicted octanol–water partition coefficient (Wildman–Crippen LogP) is 3.69. The van der Waals surface area contributed by atoms with Crippen LogP contribution in [0, 0.1) is 0 Å². The Hall–Kier alpha value is -4.11. The Morgan fingerprint density at radius 2 is 2.00 bits per heavy atom. The van der Waals surface area contributed by atoms with Gasteiger partial charge in [0, 0.05) is 36.6 Å². The fourth-order valence-corrected chi connectivity index (χ4v) is 3.02. The quantitative estimate of drug-likeness (QED) is 0.469. The lowest BCUT2D eigenvalue weighted by Gasteiger charge is -2.13. The summed E-state index contributed by atoms with van der Waals surface area (Å²) in [5.74, 6) is 1.20. The van der Waals surface area contributed by atoms with Crippen LogP contribution >= 0.6 is 0 Å². The average Bonchev–Trinajstić information content (AvgIpc) is 3.42. The molecule has 0 spiro atoms. The van der Waals surface area contributed by atoms with Crippen LogP contribution in [0.15, 0.2) is 71.4 Å². The molecule has 1 amide bonds. The molecule has 2 heterocycles. The van der Waals surface area contributed by atoms with Crippen molar-refractivity contribution in [3.63, 3.8) is 0 Å². The molecule has 0 saturated heterocycles. The maximum atomic E-state index is 12.4. The number of amides is 1. The summed E-state index contributed by atoms with van der Waals surface area (Å²) < 4.78 is 17.9. The Morgan fingerprint density at radius 3 is 2.74 bits per heavy atom. The second kappa shape index (κ2) is 9.14. The summed E-state index contributed by atoms with van der Waals surface area (Å²) in [6.07, 6.45) is 0.991. The number of aryl methyl sites for hydroxylation is 1. The zero-order valence-electron chi connectivity index (χ0n) is 16.8. The molecule has 0 bridgehead atoms. The Kier molecular flexibility index (Phi) is 5.95. The molecule has 2 aromatic heterocycles. The van der Waals surface area contributed by atoms with Gasteiger partial charge >= 0.3 is 6.09 Å². The van der Waals surface area contributed by atoms with Crippen molar-refractivity contribution in [3.8, 4) is 34.2 Å². The van der Waals surface area contributed by atoms with E-state index in [0.29, 0.717) is 30.3 Å². The van der Waals surface area contributed by atoms with Crippen molar-refractivity contribution in [2.45, 2.75) is 0 Å². The molecule has 0 fully saturated rings. The molecule has 0 atom stereocenters. The first kappa shape index (κ1) is 20.2. The highest BCUT2D eigenvalue weighted by Gasteiger charge is 2.15. The van der Waals surface area contributed by atoms with Crippen LogP contribution in [0.3, 0.4) is 0 Å². The van der Waals surface area contributed by atoms with Crippen molar-refractivity contribution < 1.29 is 18.8 Å². The van der Waals surface area contributed by atoms with Gasteiger partial charge in [0.25, 0.3) is 5.88 Å². The molecule has 3 N–H and O–H groups in total. The SMILES string of the molecule is Cn1nccc1-c1cc(NC(=O)Oc2cc(-c3ccccc3)on2)ccc1OCCN. The molecule has 0 aliphatic rings. The van der Waals surface area contributed by atoms with E-state index < -0.39 is 6.09 Å². The average molecular weight is 419 g/mol. The molecule has 0 saturated carbocycles. The van der Waals surface area contributed by atoms with Crippen molar-refractivity contribution in [2.24, 2.45) is 12.8 Å². The van der Waals surface area contributed by atoms with E-state index in [9.17, 15) is 4.79 Å². The molecule has 4 rings (SSSR count). The normalized spacial score (nSPS) is 10.6. The van der Waals surface area contributed by atoms with Crippen LogP contribution in [0.4, 0.5) is 10.5 Å². The molecular formula is C22H21N5O4. The minimum Gasteiger partial charge on any atom is -0.492 e. The van der Waals surface area contributed by atoms with Crippen LogP contribution in [0.2, 0.25) is 0 Å². The van der Waals surface area contributed by atoms with Crippen LogP contribution in [-0.4, -0.2) is 34.2 Å². The van der Waals surface area contributed by atoms with E-state index in [1.54, 1.807) is 35.1 Å². The van der Waals surface area contributed by atoms with Gasteiger partial charge in [-0.3, -0.25) is 10.00 Å². The van der Waals surface area contributed by atoms with Gasteiger partial charge in [-0.25, -0.2) is 4.79 Å². The summed E-state index contributed by atoms with van der Waals surface area (Å²) in [6, 6.07) is 18.1. The van der Waals surface area contributed by atoms with E-state index in [0.717, 1.165) is 16.8 Å². The maximum absolute atomic E-state index is 12.4. The molecule has 0 aliphatic carbocycles. The van der Waals surface area contributed by atoms with E-state index in [-0.39, 0.29) is 5.88 Å². The van der Waals surface area contributed by atoms with Crippen molar-refractivity contribution in [3.05, 3.63) is 66.9 Å². The number of nitrogens with two attached hydrogens (primary N) is 1. The van der Waals surface area contributed by atoms with Gasteiger partial charge in [-0.2, -0.15) is 5.10 Å². The molecule has 4 aromatic rings. The van der Waals surface area contributed by atoms with Crippen molar-refractivity contribution >= 4 is 11.8 Å². The molecule has 9 nitrogen and oxygen atoms in total. The zero-order valence-corrected chi connectivity index (χ0v) is 16.8. The molecule has 0 aliphatic heterocycles. The number of carbonyl (C=O) groups excluding carboxylic acids is 1. The molecule has 9 heteroatoms. The molecule has 2 aromatic carbocycles. The standard InChI is InChI=1S/C22H21N5O4/c1-27-18(9-11-24-27)17-13-16(7-8-19(17)29-12-10-23)25-22(28)30-21-14-20(31-26-21)15-5-3-2-4-6-15/h2-9,11,13-14H,10,12,23H2,1H3,(H,25,28). The van der Waals surface area contributed by atoms with E-state index in [2.05, 4.69) is 15.6 Å². The molecular weight excluding hydrogens is 398 g/mol. The second-order valence-corrected chi connectivity index (χ2v) is 6.60. The van der Waals surface area contributed by atoms with Gasteiger partial charge in [0.1, 0.15) is 12.4 Å². The van der Waals surface area contributed by atoms with Gasteiger partial charge in [0.05, 0.1) is 11.8 Å². The van der Waals surface area contributed by atoms with Crippen LogP contribution < -0.4 is 20.5 Å². The lowest BCUT2D eigenvalue weighted by Crippen LogP contribution is -2.17. The molecule has 0 radical (unpaired) electrons. The molecule has 158 valence electrons. The highest BCUT2D eigenvalue weighted by molar-refractivity contribution is 5.88. The highest BCUT2D eigenvalue weighted by atomic mass is 16.6. The predicted molar refractivity (Wildman–Crippen MR) is 115 cm³/mol. The van der Waals surface area contributed by atoms with Crippen LogP contribution in [0.1, 0.15) is 0 Å². The van der Waals surface area contributed by atoms with Crippen molar-refractivity contribution in [1.82, 2.24) is 14.9 Å². The third-order valence-electron chi connectivity index (χ3n) is 4.44. The third-order valence-corrected chi connectivity index (χ3v) is 4.44. The smallest absolute Gasteiger partial charge is 0.418 e. The van der Waals surface area contributed by atoms with Gasteiger partial charge in [-0.15, -0.1) is 0 Å². The number of nitrogens with one attached hydrogen (secondary N) is 1. The van der Waals surface area contributed by atoms with E-state index in [1.807, 2.05) is 43.4 Å². The summed E-state index contributed by atoms with van der Waals surface area (Å²) in [5, 5.41) is 10.7. The number of hydrogen-bond acceptors (Lipinski definition) is 7. The first-order valence-electron chi connectivity index (χ1n) is 9.60. The molecule has 0 unspecified atom stereocenters. The summed E-state index contributed by atoms with van der Waals surface area (Å²) in [4.78, 5) is 12.4. The van der Waals surface area contributed by atoms with Gasteiger partial charge in [0.2, 0.25) is 0 Å². The van der Waals surface area contributed by atoms with Crippen LogP contribution in [-0.2, 0) is 7.05 Å². The first-order chi connectivity index (χ1) is 15.1. The zero-order chi connectivity index (χ0) is 21.6.